The van der Waals surface area contributed by atoms with Crippen LogP contribution in [-0.4, -0.2) is 32.9 Å². The molecule has 190 valence electrons. The number of phenols is 2. The third-order valence-electron chi connectivity index (χ3n) is 6.10. The van der Waals surface area contributed by atoms with Gasteiger partial charge in [-0.1, -0.05) is 18.2 Å². The second-order valence-corrected chi connectivity index (χ2v) is 10.2. The predicted octanol–water partition coefficient (Wildman–Crippen LogP) is 3.88. The largest absolute Gasteiger partial charge is 0.508 e. The Kier molecular flexibility index (Phi) is 5.52. The molecule has 0 saturated heterocycles. The molecule has 2 heterocycles. The summed E-state index contributed by atoms with van der Waals surface area (Å²) < 4.78 is 17.9. The average molecular weight is 521 g/mol. The van der Waals surface area contributed by atoms with E-state index in [1.807, 2.05) is 0 Å². The Morgan fingerprint density at radius 3 is 2.49 bits per heavy atom. The number of rotatable bonds is 3. The zero-order chi connectivity index (χ0) is 26.7. The second-order valence-electron chi connectivity index (χ2n) is 9.75. The van der Waals surface area contributed by atoms with Crippen LogP contribution in [-0.2, 0) is 19.9 Å². The van der Waals surface area contributed by atoms with Crippen LogP contribution < -0.4 is 15.8 Å². The number of benzene rings is 3. The third-order valence-corrected chi connectivity index (χ3v) is 6.22. The zero-order valence-electron chi connectivity index (χ0n) is 20.2. The Morgan fingerprint density at radius 2 is 1.78 bits per heavy atom. The standard InChI is InChI=1S/C27H24N2O7S/c1-26(2,3)35-24(33)21(29-25(28)37)20-18(31)11-10-17-22(20)34-19-12-13(30)8-9-16(19)27(17)15-7-5-4-6-14(15)23(32)36-27/h4-12,21,30-31H,1-3H3,(H3,28,29,37). The lowest BCUT2D eigenvalue weighted by molar-refractivity contribution is -0.157. The predicted molar refractivity (Wildman–Crippen MR) is 137 cm³/mol. The summed E-state index contributed by atoms with van der Waals surface area (Å²) >= 11 is 5.01. The zero-order valence-corrected chi connectivity index (χ0v) is 21.0. The Bertz CT molecular complexity index is 1480. The number of ether oxygens (including phenoxy) is 3. The summed E-state index contributed by atoms with van der Waals surface area (Å²) in [4.78, 5) is 26.3. The molecule has 0 amide bonds. The minimum absolute atomic E-state index is 0.0200. The number of phenolic OH excluding ortho intramolecular Hbond substituents is 2. The number of hydrogen-bond donors (Lipinski definition) is 4. The van der Waals surface area contributed by atoms with Gasteiger partial charge in [0.1, 0.15) is 28.6 Å². The van der Waals surface area contributed by atoms with Crippen molar-refractivity contribution in [1.29, 1.82) is 0 Å². The van der Waals surface area contributed by atoms with Crippen molar-refractivity contribution in [3.63, 3.8) is 0 Å². The Labute approximate surface area is 217 Å². The van der Waals surface area contributed by atoms with Gasteiger partial charge in [-0.25, -0.2) is 9.59 Å². The highest BCUT2D eigenvalue weighted by Gasteiger charge is 2.54. The van der Waals surface area contributed by atoms with E-state index in [2.05, 4.69) is 5.32 Å². The van der Waals surface area contributed by atoms with Gasteiger partial charge in [0.05, 0.1) is 11.1 Å². The number of nitrogens with two attached hydrogens (primary N) is 1. The molecule has 37 heavy (non-hydrogen) atoms. The summed E-state index contributed by atoms with van der Waals surface area (Å²) in [7, 11) is 0. The van der Waals surface area contributed by atoms with Crippen LogP contribution in [0, 0.1) is 0 Å². The van der Waals surface area contributed by atoms with Crippen molar-refractivity contribution in [2.45, 2.75) is 38.0 Å². The fourth-order valence-electron chi connectivity index (χ4n) is 4.77. The van der Waals surface area contributed by atoms with Gasteiger partial charge in [0, 0.05) is 22.8 Å². The van der Waals surface area contributed by atoms with Crippen LogP contribution in [0.15, 0.2) is 54.6 Å². The smallest absolute Gasteiger partial charge is 0.340 e. The van der Waals surface area contributed by atoms with E-state index in [0.29, 0.717) is 22.3 Å². The van der Waals surface area contributed by atoms with Gasteiger partial charge in [-0.15, -0.1) is 0 Å². The molecule has 5 N–H and O–H groups in total. The molecule has 2 aliphatic heterocycles. The molecule has 0 aromatic heterocycles. The number of fused-ring (bicyclic) bond motifs is 6. The summed E-state index contributed by atoms with van der Waals surface area (Å²) in [5.41, 5.74) is 5.10. The normalized spacial score (nSPS) is 18.1. The van der Waals surface area contributed by atoms with E-state index < -0.39 is 29.2 Å². The topological polar surface area (TPSA) is 140 Å². The molecule has 0 saturated carbocycles. The summed E-state index contributed by atoms with van der Waals surface area (Å²) in [6, 6.07) is 12.9. The third kappa shape index (κ3) is 3.89. The van der Waals surface area contributed by atoms with Gasteiger partial charge in [0.2, 0.25) is 0 Å². The molecular weight excluding hydrogens is 496 g/mol. The van der Waals surface area contributed by atoms with Crippen LogP contribution in [0.3, 0.4) is 0 Å². The summed E-state index contributed by atoms with van der Waals surface area (Å²) in [5, 5.41) is 23.7. The van der Waals surface area contributed by atoms with Crippen molar-refractivity contribution < 1.29 is 34.0 Å². The summed E-state index contributed by atoms with van der Waals surface area (Å²) in [5.74, 6) is -1.53. The molecule has 9 nitrogen and oxygen atoms in total. The molecule has 0 aliphatic carbocycles. The number of thiocarbonyl (C=S) groups is 1. The Balaban J connectivity index is 1.81. The molecule has 3 aromatic carbocycles. The van der Waals surface area contributed by atoms with Crippen molar-refractivity contribution in [3.05, 3.63) is 82.4 Å². The minimum Gasteiger partial charge on any atom is -0.508 e. The van der Waals surface area contributed by atoms with E-state index in [9.17, 15) is 19.8 Å². The van der Waals surface area contributed by atoms with Crippen LogP contribution in [0.2, 0.25) is 0 Å². The molecule has 1 spiro atoms. The van der Waals surface area contributed by atoms with Crippen molar-refractivity contribution in [3.8, 4) is 23.0 Å². The van der Waals surface area contributed by atoms with E-state index in [0.717, 1.165) is 0 Å². The maximum Gasteiger partial charge on any atom is 0.340 e. The highest BCUT2D eigenvalue weighted by Crippen LogP contribution is 2.58. The Morgan fingerprint density at radius 1 is 1.08 bits per heavy atom. The number of hydrogen-bond acceptors (Lipinski definition) is 8. The van der Waals surface area contributed by atoms with Gasteiger partial charge in [-0.3, -0.25) is 0 Å². The van der Waals surface area contributed by atoms with Gasteiger partial charge < -0.3 is 35.5 Å². The van der Waals surface area contributed by atoms with Gasteiger partial charge in [0.25, 0.3) is 0 Å². The van der Waals surface area contributed by atoms with E-state index >= 15 is 0 Å². The van der Waals surface area contributed by atoms with E-state index in [1.165, 1.54) is 18.2 Å². The molecule has 0 fully saturated rings. The first-order valence-electron chi connectivity index (χ1n) is 11.4. The van der Waals surface area contributed by atoms with Crippen LogP contribution in [0.1, 0.15) is 59.4 Å². The molecule has 2 unspecified atom stereocenters. The highest BCUT2D eigenvalue weighted by molar-refractivity contribution is 7.80. The minimum atomic E-state index is -1.48. The number of nitrogens with one attached hydrogen (secondary N) is 1. The first-order valence-corrected chi connectivity index (χ1v) is 11.8. The van der Waals surface area contributed by atoms with Crippen LogP contribution in [0.5, 0.6) is 23.0 Å². The van der Waals surface area contributed by atoms with Crippen LogP contribution in [0.4, 0.5) is 0 Å². The average Bonchev–Trinajstić information content (AvgIpc) is 3.09. The maximum atomic E-state index is 13.3. The monoisotopic (exact) mass is 520 g/mol. The number of carbonyl (C=O) groups is 2. The Hall–Kier alpha value is -4.31. The molecule has 2 atom stereocenters. The van der Waals surface area contributed by atoms with Gasteiger partial charge in [0.15, 0.2) is 16.8 Å². The van der Waals surface area contributed by atoms with Crippen molar-refractivity contribution in [2.24, 2.45) is 5.73 Å². The molecule has 2 aliphatic rings. The van der Waals surface area contributed by atoms with Crippen LogP contribution in [0.25, 0.3) is 0 Å². The SMILES string of the molecule is CC(C)(C)OC(=O)C(NC(N)=S)c1c(O)ccc2c1Oc1cc(O)ccc1C21OC(=O)c2ccccc21. The molecule has 5 rings (SSSR count). The fraction of sp³-hybridized carbons (Fsp3) is 0.222. The lowest BCUT2D eigenvalue weighted by Crippen LogP contribution is -2.41. The van der Waals surface area contributed by atoms with Crippen molar-refractivity contribution in [2.75, 3.05) is 0 Å². The number of carbonyl (C=O) groups excluding carboxylic acids is 2. The maximum absolute atomic E-state index is 13.3. The van der Waals surface area contributed by atoms with E-state index in [4.69, 9.17) is 32.2 Å². The van der Waals surface area contributed by atoms with Crippen LogP contribution >= 0.6 is 12.2 Å². The fourth-order valence-corrected chi connectivity index (χ4v) is 4.88. The van der Waals surface area contributed by atoms with E-state index in [1.54, 1.807) is 57.2 Å². The number of aromatic hydroxyl groups is 2. The molecule has 0 bridgehead atoms. The summed E-state index contributed by atoms with van der Waals surface area (Å²) in [6.45, 7) is 5.09. The van der Waals surface area contributed by atoms with Gasteiger partial charge in [-0.05, 0) is 63.3 Å². The number of esters is 2. The molecular formula is C27H24N2O7S. The van der Waals surface area contributed by atoms with Crippen molar-refractivity contribution >= 4 is 29.3 Å². The molecule has 3 aromatic rings. The van der Waals surface area contributed by atoms with Crippen molar-refractivity contribution in [1.82, 2.24) is 5.32 Å². The molecule has 10 heteroatoms. The summed E-state index contributed by atoms with van der Waals surface area (Å²) in [6.07, 6.45) is 0. The lowest BCUT2D eigenvalue weighted by Gasteiger charge is -2.38. The highest BCUT2D eigenvalue weighted by atomic mass is 32.1. The molecule has 0 radical (unpaired) electrons. The van der Waals surface area contributed by atoms with Gasteiger partial charge in [-0.2, -0.15) is 0 Å². The first kappa shape index (κ1) is 24.4. The second kappa shape index (κ2) is 8.38. The van der Waals surface area contributed by atoms with Gasteiger partial charge >= 0.3 is 11.9 Å². The first-order chi connectivity index (χ1) is 17.4. The lowest BCUT2D eigenvalue weighted by atomic mass is 9.76. The van der Waals surface area contributed by atoms with E-state index in [-0.39, 0.29) is 33.7 Å². The quantitative estimate of drug-likeness (QED) is 0.297.